The van der Waals surface area contributed by atoms with E-state index in [0.717, 1.165) is 51.6 Å². The summed E-state index contributed by atoms with van der Waals surface area (Å²) in [4.78, 5) is 2.58. The average Bonchev–Trinajstić information content (AvgIpc) is 3.43. The molecule has 1 spiro atoms. The number of hydrogen-bond acceptors (Lipinski definition) is 5. The van der Waals surface area contributed by atoms with Gasteiger partial charge in [-0.1, -0.05) is 38.5 Å². The molecule has 170 valence electrons. The molecule has 2 saturated heterocycles. The van der Waals surface area contributed by atoms with Gasteiger partial charge in [0.1, 0.15) is 17.5 Å². The summed E-state index contributed by atoms with van der Waals surface area (Å²) in [6.45, 7) is 12.6. The average molecular weight is 427 g/mol. The molecule has 3 aliphatic carbocycles. The van der Waals surface area contributed by atoms with Crippen LogP contribution in [0.5, 0.6) is 0 Å². The van der Waals surface area contributed by atoms with Gasteiger partial charge in [0.25, 0.3) is 0 Å². The lowest BCUT2D eigenvalue weighted by Crippen LogP contribution is -2.52. The molecular formula is C26H38N2O3. The van der Waals surface area contributed by atoms with Crippen LogP contribution in [0.15, 0.2) is 46.8 Å². The van der Waals surface area contributed by atoms with Crippen molar-refractivity contribution in [1.29, 1.82) is 0 Å². The number of nitrogens with one attached hydrogen (secondary N) is 1. The van der Waals surface area contributed by atoms with Crippen LogP contribution in [0.2, 0.25) is 0 Å². The molecule has 5 atom stereocenters. The van der Waals surface area contributed by atoms with Crippen LogP contribution in [0, 0.1) is 17.8 Å². The standard InChI is InChI=1S/C26H38N2O3/c1-17(2)21-12-18(3)6-7-20(21)22-16-28(9-8-27-22)15-19-13-23(29-4)24-25-26(24,14-19)31-11-5-10-30-25/h6-7,13-14,17-18,22,24-25,27H,5,8-12,15-16H2,1-4H3/t18-,22-,24?,25-,26?/m0/s1. The van der Waals surface area contributed by atoms with Crippen LogP contribution in [-0.4, -0.2) is 69.1 Å². The zero-order chi connectivity index (χ0) is 21.6. The summed E-state index contributed by atoms with van der Waals surface area (Å²) < 4.78 is 18.2. The van der Waals surface area contributed by atoms with E-state index in [4.69, 9.17) is 14.2 Å². The van der Waals surface area contributed by atoms with Crippen molar-refractivity contribution in [2.45, 2.75) is 51.4 Å². The monoisotopic (exact) mass is 426 g/mol. The molecule has 0 amide bonds. The van der Waals surface area contributed by atoms with Crippen LogP contribution in [-0.2, 0) is 14.2 Å². The molecule has 5 heteroatoms. The number of piperazine rings is 1. The van der Waals surface area contributed by atoms with E-state index in [1.165, 1.54) is 17.6 Å². The van der Waals surface area contributed by atoms with Crippen molar-refractivity contribution in [1.82, 2.24) is 10.2 Å². The van der Waals surface area contributed by atoms with Crippen LogP contribution in [0.4, 0.5) is 0 Å². The third kappa shape index (κ3) is 3.95. The number of methoxy groups -OCH3 is 1. The molecule has 1 saturated carbocycles. The number of ether oxygens (including phenoxy) is 3. The Kier molecular flexibility index (Phi) is 5.89. The highest BCUT2D eigenvalue weighted by molar-refractivity contribution is 5.46. The number of rotatable bonds is 5. The van der Waals surface area contributed by atoms with Gasteiger partial charge in [-0.2, -0.15) is 0 Å². The maximum Gasteiger partial charge on any atom is 0.126 e. The third-order valence-electron chi connectivity index (χ3n) is 7.60. The Labute approximate surface area is 187 Å². The van der Waals surface area contributed by atoms with E-state index < -0.39 is 0 Å². The quantitative estimate of drug-likeness (QED) is 0.729. The highest BCUT2D eigenvalue weighted by atomic mass is 16.6. The fourth-order valence-electron chi connectivity index (χ4n) is 5.97. The Balaban J connectivity index is 1.32. The van der Waals surface area contributed by atoms with Crippen LogP contribution in [0.3, 0.4) is 0 Å². The van der Waals surface area contributed by atoms with Gasteiger partial charge in [-0.05, 0) is 48.0 Å². The highest BCUT2D eigenvalue weighted by Crippen LogP contribution is 2.58. The van der Waals surface area contributed by atoms with Gasteiger partial charge in [0.15, 0.2) is 0 Å². The molecule has 3 fully saturated rings. The van der Waals surface area contributed by atoms with E-state index in [1.54, 1.807) is 12.7 Å². The summed E-state index contributed by atoms with van der Waals surface area (Å²) in [5.74, 6) is 2.49. The zero-order valence-corrected chi connectivity index (χ0v) is 19.5. The molecule has 0 aromatic heterocycles. The van der Waals surface area contributed by atoms with Crippen molar-refractivity contribution >= 4 is 0 Å². The first-order valence-corrected chi connectivity index (χ1v) is 12.1. The van der Waals surface area contributed by atoms with E-state index >= 15 is 0 Å². The minimum Gasteiger partial charge on any atom is -0.501 e. The summed E-state index contributed by atoms with van der Waals surface area (Å²) in [5.41, 5.74) is 4.14. The Morgan fingerprint density at radius 1 is 1.32 bits per heavy atom. The summed E-state index contributed by atoms with van der Waals surface area (Å²) >= 11 is 0. The minimum absolute atomic E-state index is 0.114. The molecule has 1 N–H and O–H groups in total. The van der Waals surface area contributed by atoms with Crippen LogP contribution >= 0.6 is 0 Å². The second-order valence-electron chi connectivity index (χ2n) is 10.2. The first kappa shape index (κ1) is 21.4. The topological polar surface area (TPSA) is 43.0 Å². The number of hydrogen-bond donors (Lipinski definition) is 1. The van der Waals surface area contributed by atoms with Gasteiger partial charge >= 0.3 is 0 Å². The first-order chi connectivity index (χ1) is 15.0. The van der Waals surface area contributed by atoms with Gasteiger partial charge in [0.2, 0.25) is 0 Å². The lowest BCUT2D eigenvalue weighted by Gasteiger charge is -2.37. The predicted molar refractivity (Wildman–Crippen MR) is 123 cm³/mol. The maximum absolute atomic E-state index is 6.32. The van der Waals surface area contributed by atoms with Crippen molar-refractivity contribution in [3.63, 3.8) is 0 Å². The van der Waals surface area contributed by atoms with Crippen LogP contribution in [0.25, 0.3) is 0 Å². The summed E-state index contributed by atoms with van der Waals surface area (Å²) in [5, 5.41) is 3.79. The molecule has 5 aliphatic rings. The molecule has 5 rings (SSSR count). The van der Waals surface area contributed by atoms with Crippen LogP contribution in [0.1, 0.15) is 33.6 Å². The van der Waals surface area contributed by atoms with Crippen LogP contribution < -0.4 is 5.32 Å². The summed E-state index contributed by atoms with van der Waals surface area (Å²) in [6, 6.07) is 0.405. The number of allylic oxidation sites excluding steroid dienone is 2. The van der Waals surface area contributed by atoms with E-state index in [2.05, 4.69) is 55.3 Å². The molecule has 0 bridgehead atoms. The highest BCUT2D eigenvalue weighted by Gasteiger charge is 2.70. The Morgan fingerprint density at radius 3 is 3.00 bits per heavy atom. The molecule has 31 heavy (non-hydrogen) atoms. The molecule has 5 nitrogen and oxygen atoms in total. The van der Waals surface area contributed by atoms with Gasteiger partial charge in [-0.3, -0.25) is 4.90 Å². The fraction of sp³-hybridized carbons (Fsp3) is 0.692. The Morgan fingerprint density at radius 2 is 2.19 bits per heavy atom. The fourth-order valence-corrected chi connectivity index (χ4v) is 5.97. The maximum atomic E-state index is 6.32. The molecule has 0 aromatic carbocycles. The second kappa shape index (κ2) is 8.51. The van der Waals surface area contributed by atoms with Crippen molar-refractivity contribution < 1.29 is 14.2 Å². The normalized spacial score (nSPS) is 38.2. The van der Waals surface area contributed by atoms with Gasteiger partial charge < -0.3 is 19.5 Å². The Hall–Kier alpha value is -1.40. The number of fused-ring (bicyclic) bond motifs is 1. The summed E-state index contributed by atoms with van der Waals surface area (Å²) in [7, 11) is 1.78. The van der Waals surface area contributed by atoms with E-state index in [1.807, 2.05) is 0 Å². The van der Waals surface area contributed by atoms with Crippen molar-refractivity contribution in [3.05, 3.63) is 46.8 Å². The SMILES string of the molecule is COC1=CC(CN2CCN[C@H](C3=C(C(C)C)C[C@@H](C)C=C3)C2)=CC23OCCCO[C@H]2C13. The molecular weight excluding hydrogens is 388 g/mol. The van der Waals surface area contributed by atoms with E-state index in [-0.39, 0.29) is 17.6 Å². The van der Waals surface area contributed by atoms with E-state index in [0.29, 0.717) is 17.9 Å². The smallest absolute Gasteiger partial charge is 0.126 e. The number of nitrogens with zero attached hydrogens (tertiary/aromatic N) is 1. The van der Waals surface area contributed by atoms with Gasteiger partial charge in [-0.25, -0.2) is 0 Å². The summed E-state index contributed by atoms with van der Waals surface area (Å²) in [6.07, 6.45) is 11.6. The lowest BCUT2D eigenvalue weighted by atomic mass is 9.81. The largest absolute Gasteiger partial charge is 0.501 e. The third-order valence-corrected chi connectivity index (χ3v) is 7.60. The lowest BCUT2D eigenvalue weighted by molar-refractivity contribution is 0.0435. The minimum atomic E-state index is -0.297. The molecule has 0 radical (unpaired) electrons. The molecule has 2 unspecified atom stereocenters. The van der Waals surface area contributed by atoms with Gasteiger partial charge in [-0.15, -0.1) is 0 Å². The van der Waals surface area contributed by atoms with Crippen molar-refractivity contribution in [2.75, 3.05) is 46.5 Å². The predicted octanol–water partition coefficient (Wildman–Crippen LogP) is 3.45. The molecule has 0 aromatic rings. The van der Waals surface area contributed by atoms with Crippen molar-refractivity contribution in [2.24, 2.45) is 17.8 Å². The van der Waals surface area contributed by atoms with E-state index in [9.17, 15) is 0 Å². The zero-order valence-electron chi connectivity index (χ0n) is 19.5. The van der Waals surface area contributed by atoms with Gasteiger partial charge in [0.05, 0.1) is 19.6 Å². The van der Waals surface area contributed by atoms with Crippen molar-refractivity contribution in [3.8, 4) is 0 Å². The molecule has 2 aliphatic heterocycles. The second-order valence-corrected chi connectivity index (χ2v) is 10.2. The van der Waals surface area contributed by atoms with Gasteiger partial charge in [0, 0.05) is 38.8 Å². The Bertz CT molecular complexity index is 827. The first-order valence-electron chi connectivity index (χ1n) is 12.1. The molecule has 2 heterocycles.